The van der Waals surface area contributed by atoms with E-state index in [2.05, 4.69) is 54.3 Å². The molecule has 0 N–H and O–H groups in total. The lowest BCUT2D eigenvalue weighted by atomic mass is 10.2. The average molecular weight is 285 g/mol. The Morgan fingerprint density at radius 1 is 1.05 bits per heavy atom. The van der Waals surface area contributed by atoms with E-state index in [4.69, 9.17) is 4.84 Å². The van der Waals surface area contributed by atoms with Crippen LogP contribution < -0.4 is 9.57 Å². The molecule has 0 amide bonds. The highest BCUT2D eigenvalue weighted by atomic mass is 32.2. The SMILES string of the molecule is CO[n+]1cc(C)c2c(ccn2Sc2ccc(C)cc2)c1. The quantitative estimate of drug-likeness (QED) is 0.688. The Morgan fingerprint density at radius 3 is 2.50 bits per heavy atom. The molecule has 3 nitrogen and oxygen atoms in total. The molecule has 2 heterocycles. The van der Waals surface area contributed by atoms with Crippen molar-refractivity contribution in [3.8, 4) is 0 Å². The highest BCUT2D eigenvalue weighted by Crippen LogP contribution is 2.27. The first-order chi connectivity index (χ1) is 9.67. The molecular formula is C16H17N2OS+. The second-order valence-electron chi connectivity index (χ2n) is 4.83. The number of fused-ring (bicyclic) bond motifs is 1. The summed E-state index contributed by atoms with van der Waals surface area (Å²) in [5.74, 6) is 0. The molecular weight excluding hydrogens is 268 g/mol. The van der Waals surface area contributed by atoms with E-state index < -0.39 is 0 Å². The second-order valence-corrected chi connectivity index (χ2v) is 5.88. The van der Waals surface area contributed by atoms with Crippen LogP contribution in [0.2, 0.25) is 0 Å². The highest BCUT2D eigenvalue weighted by molar-refractivity contribution is 7.98. The Labute approximate surface area is 122 Å². The fourth-order valence-electron chi connectivity index (χ4n) is 2.25. The van der Waals surface area contributed by atoms with Gasteiger partial charge in [-0.05, 0) is 44.0 Å². The van der Waals surface area contributed by atoms with Crippen LogP contribution in [0.1, 0.15) is 11.1 Å². The molecule has 0 spiro atoms. The van der Waals surface area contributed by atoms with Gasteiger partial charge in [0.1, 0.15) is 7.11 Å². The van der Waals surface area contributed by atoms with Crippen molar-refractivity contribution < 1.29 is 9.57 Å². The molecule has 0 saturated carbocycles. The Kier molecular flexibility index (Phi) is 3.40. The van der Waals surface area contributed by atoms with E-state index in [1.807, 2.05) is 12.4 Å². The van der Waals surface area contributed by atoms with Crippen molar-refractivity contribution in [1.82, 2.24) is 3.97 Å². The number of hydrogen-bond donors (Lipinski definition) is 0. The minimum Gasteiger partial charge on any atom is -0.286 e. The zero-order chi connectivity index (χ0) is 14.1. The van der Waals surface area contributed by atoms with Crippen LogP contribution in [-0.2, 0) is 0 Å². The molecule has 102 valence electrons. The fourth-order valence-corrected chi connectivity index (χ4v) is 3.20. The van der Waals surface area contributed by atoms with E-state index >= 15 is 0 Å². The summed E-state index contributed by atoms with van der Waals surface area (Å²) in [6, 6.07) is 10.7. The summed E-state index contributed by atoms with van der Waals surface area (Å²) < 4.78 is 3.94. The summed E-state index contributed by atoms with van der Waals surface area (Å²) in [5.41, 5.74) is 3.70. The predicted octanol–water partition coefficient (Wildman–Crippen LogP) is 3.16. The lowest BCUT2D eigenvalue weighted by molar-refractivity contribution is -0.884. The Hall–Kier alpha value is -1.94. The molecule has 4 heteroatoms. The molecule has 1 aromatic carbocycles. The van der Waals surface area contributed by atoms with Crippen LogP contribution >= 0.6 is 11.9 Å². The second kappa shape index (κ2) is 5.21. The van der Waals surface area contributed by atoms with Crippen molar-refractivity contribution in [2.45, 2.75) is 18.7 Å². The van der Waals surface area contributed by atoms with Crippen LogP contribution in [0.5, 0.6) is 0 Å². The maximum atomic E-state index is 5.24. The number of aromatic nitrogens is 2. The van der Waals surface area contributed by atoms with Gasteiger partial charge in [0, 0.05) is 21.4 Å². The van der Waals surface area contributed by atoms with Gasteiger partial charge in [0.25, 0.3) is 0 Å². The molecule has 3 rings (SSSR count). The van der Waals surface area contributed by atoms with Crippen LogP contribution in [0.3, 0.4) is 0 Å². The molecule has 0 aliphatic rings. The third kappa shape index (κ3) is 2.39. The van der Waals surface area contributed by atoms with Gasteiger partial charge in [0.15, 0.2) is 0 Å². The lowest BCUT2D eigenvalue weighted by Crippen LogP contribution is -2.39. The summed E-state index contributed by atoms with van der Waals surface area (Å²) in [4.78, 5) is 6.48. The third-order valence-electron chi connectivity index (χ3n) is 3.28. The first kappa shape index (κ1) is 13.1. The van der Waals surface area contributed by atoms with E-state index in [0.29, 0.717) is 0 Å². The zero-order valence-corrected chi connectivity index (χ0v) is 12.6. The van der Waals surface area contributed by atoms with Crippen LogP contribution in [0.15, 0.2) is 53.8 Å². The van der Waals surface area contributed by atoms with Crippen molar-refractivity contribution >= 4 is 22.9 Å². The van der Waals surface area contributed by atoms with Crippen LogP contribution in [-0.4, -0.2) is 11.1 Å². The number of aryl methyl sites for hydroxylation is 2. The predicted molar refractivity (Wildman–Crippen MR) is 81.8 cm³/mol. The molecule has 0 fully saturated rings. The summed E-state index contributed by atoms with van der Waals surface area (Å²) >= 11 is 1.73. The Bertz CT molecular complexity index is 747. The monoisotopic (exact) mass is 285 g/mol. The summed E-state index contributed by atoms with van der Waals surface area (Å²) in [6.45, 7) is 4.21. The lowest BCUT2D eigenvalue weighted by Gasteiger charge is -2.06. The number of nitrogens with zero attached hydrogens (tertiary/aromatic N) is 2. The van der Waals surface area contributed by atoms with Crippen molar-refractivity contribution in [2.75, 3.05) is 7.11 Å². The molecule has 0 unspecified atom stereocenters. The molecule has 3 aromatic rings. The van der Waals surface area contributed by atoms with Gasteiger partial charge < -0.3 is 0 Å². The molecule has 0 bridgehead atoms. The normalized spacial score (nSPS) is 10.9. The maximum absolute atomic E-state index is 5.24. The van der Waals surface area contributed by atoms with Gasteiger partial charge in [0.2, 0.25) is 12.4 Å². The van der Waals surface area contributed by atoms with Gasteiger partial charge >= 0.3 is 0 Å². The smallest absolute Gasteiger partial charge is 0.231 e. The standard InChI is InChI=1S/C16H17N2OS/c1-12-4-6-15(7-5-12)20-18-9-8-14-11-17(19-3)10-13(2)16(14)18/h4-11H,1-3H3/q+1. The Balaban J connectivity index is 2.02. The van der Waals surface area contributed by atoms with Crippen LogP contribution in [0.4, 0.5) is 0 Å². The van der Waals surface area contributed by atoms with Gasteiger partial charge in [-0.25, -0.2) is 0 Å². The van der Waals surface area contributed by atoms with E-state index in [1.54, 1.807) is 23.8 Å². The molecule has 0 aliphatic heterocycles. The molecule has 20 heavy (non-hydrogen) atoms. The van der Waals surface area contributed by atoms with Gasteiger partial charge in [-0.2, -0.15) is 0 Å². The van der Waals surface area contributed by atoms with E-state index in [-0.39, 0.29) is 0 Å². The van der Waals surface area contributed by atoms with E-state index in [1.165, 1.54) is 26.9 Å². The van der Waals surface area contributed by atoms with Gasteiger partial charge in [-0.1, -0.05) is 17.7 Å². The van der Waals surface area contributed by atoms with Gasteiger partial charge in [0.05, 0.1) is 10.9 Å². The minimum absolute atomic E-state index is 1.17. The first-order valence-electron chi connectivity index (χ1n) is 6.50. The van der Waals surface area contributed by atoms with Crippen molar-refractivity contribution in [3.63, 3.8) is 0 Å². The molecule has 0 radical (unpaired) electrons. The van der Waals surface area contributed by atoms with Crippen molar-refractivity contribution in [3.05, 3.63) is 60.0 Å². The molecule has 2 aromatic heterocycles. The summed E-state index contributed by atoms with van der Waals surface area (Å²) in [5, 5.41) is 1.17. The van der Waals surface area contributed by atoms with Gasteiger partial charge in [-0.3, -0.25) is 8.81 Å². The summed E-state index contributed by atoms with van der Waals surface area (Å²) in [6.07, 6.45) is 6.09. The van der Waals surface area contributed by atoms with E-state index in [9.17, 15) is 0 Å². The molecule has 0 saturated heterocycles. The number of rotatable bonds is 3. The number of benzene rings is 1. The average Bonchev–Trinajstić information content (AvgIpc) is 2.85. The zero-order valence-electron chi connectivity index (χ0n) is 11.8. The molecule has 0 aliphatic carbocycles. The van der Waals surface area contributed by atoms with E-state index in [0.717, 1.165) is 0 Å². The summed E-state index contributed by atoms with van der Waals surface area (Å²) in [7, 11) is 1.67. The van der Waals surface area contributed by atoms with Crippen molar-refractivity contribution in [1.29, 1.82) is 0 Å². The number of hydrogen-bond acceptors (Lipinski definition) is 2. The topological polar surface area (TPSA) is 18.0 Å². The highest BCUT2D eigenvalue weighted by Gasteiger charge is 2.12. The van der Waals surface area contributed by atoms with Crippen LogP contribution in [0.25, 0.3) is 10.9 Å². The third-order valence-corrected chi connectivity index (χ3v) is 4.26. The molecule has 0 atom stereocenters. The minimum atomic E-state index is 1.17. The fraction of sp³-hybridized carbons (Fsp3) is 0.188. The van der Waals surface area contributed by atoms with Crippen LogP contribution in [0, 0.1) is 13.8 Å². The maximum Gasteiger partial charge on any atom is 0.231 e. The van der Waals surface area contributed by atoms with Gasteiger partial charge in [-0.15, -0.1) is 0 Å². The number of pyridine rings is 1. The Morgan fingerprint density at radius 2 is 1.80 bits per heavy atom. The largest absolute Gasteiger partial charge is 0.286 e. The van der Waals surface area contributed by atoms with Crippen molar-refractivity contribution in [2.24, 2.45) is 0 Å². The first-order valence-corrected chi connectivity index (χ1v) is 7.27.